The van der Waals surface area contributed by atoms with Gasteiger partial charge in [0.25, 0.3) is 0 Å². The predicted molar refractivity (Wildman–Crippen MR) is 91.0 cm³/mol. The Labute approximate surface area is 151 Å². The third-order valence-corrected chi connectivity index (χ3v) is 4.50. The van der Waals surface area contributed by atoms with Gasteiger partial charge in [0.1, 0.15) is 23.8 Å². The number of anilines is 1. The normalized spacial score (nSPS) is 20.3. The Hall–Kier alpha value is -2.75. The summed E-state index contributed by atoms with van der Waals surface area (Å²) in [6.07, 6.45) is 2.05. The molecule has 2 N–H and O–H groups in total. The van der Waals surface area contributed by atoms with Gasteiger partial charge in [-0.05, 0) is 18.6 Å². The third kappa shape index (κ3) is 3.57. The highest BCUT2D eigenvalue weighted by molar-refractivity contribution is 5.61. The van der Waals surface area contributed by atoms with Crippen LogP contribution in [-0.2, 0) is 6.18 Å². The molecule has 0 aliphatic carbocycles. The van der Waals surface area contributed by atoms with E-state index in [1.165, 1.54) is 23.0 Å². The van der Waals surface area contributed by atoms with Gasteiger partial charge < -0.3 is 10.6 Å². The van der Waals surface area contributed by atoms with Crippen LogP contribution in [0.1, 0.15) is 12.0 Å². The van der Waals surface area contributed by atoms with E-state index in [0.717, 1.165) is 12.1 Å². The van der Waals surface area contributed by atoms with Crippen molar-refractivity contribution >= 4 is 11.5 Å². The van der Waals surface area contributed by atoms with E-state index in [1.807, 2.05) is 0 Å². The molecule has 0 amide bonds. The quantitative estimate of drug-likeness (QED) is 0.682. The molecule has 142 valence electrons. The summed E-state index contributed by atoms with van der Waals surface area (Å²) in [4.78, 5) is 12.7. The molecule has 0 aromatic carbocycles. The lowest BCUT2D eigenvalue weighted by molar-refractivity contribution is -0.137. The number of alkyl halides is 4. The van der Waals surface area contributed by atoms with Crippen LogP contribution in [0.25, 0.3) is 17.0 Å². The second-order valence-electron chi connectivity index (χ2n) is 6.41. The minimum absolute atomic E-state index is 0.0341. The van der Waals surface area contributed by atoms with Crippen molar-refractivity contribution in [3.05, 3.63) is 42.5 Å². The second-order valence-corrected chi connectivity index (χ2v) is 6.41. The van der Waals surface area contributed by atoms with Gasteiger partial charge in [-0.2, -0.15) is 13.2 Å². The van der Waals surface area contributed by atoms with Crippen LogP contribution in [0, 0.1) is 0 Å². The maximum atomic E-state index is 12.8. The van der Waals surface area contributed by atoms with Crippen molar-refractivity contribution in [3.8, 4) is 11.4 Å². The summed E-state index contributed by atoms with van der Waals surface area (Å²) < 4.78 is 52.8. The maximum Gasteiger partial charge on any atom is 0.416 e. The minimum atomic E-state index is -4.43. The SMILES string of the molecule is FC[C@@H]1C[C@@H](Nc2cncc(-c3cnc4cc(C(F)(F)F)ccn34)n2)CN1. The molecular weight excluding hydrogens is 364 g/mol. The number of imidazole rings is 1. The maximum absolute atomic E-state index is 12.8. The molecule has 0 saturated carbocycles. The summed E-state index contributed by atoms with van der Waals surface area (Å²) >= 11 is 0. The molecular formula is C17H16F4N6. The zero-order valence-electron chi connectivity index (χ0n) is 14.0. The van der Waals surface area contributed by atoms with Crippen LogP contribution < -0.4 is 10.6 Å². The molecule has 0 radical (unpaired) electrons. The van der Waals surface area contributed by atoms with Gasteiger partial charge in [-0.25, -0.2) is 14.4 Å². The van der Waals surface area contributed by atoms with Crippen LogP contribution in [0.2, 0.25) is 0 Å². The van der Waals surface area contributed by atoms with Crippen molar-refractivity contribution in [3.63, 3.8) is 0 Å². The van der Waals surface area contributed by atoms with Crippen molar-refractivity contribution < 1.29 is 17.6 Å². The fourth-order valence-electron chi connectivity index (χ4n) is 3.16. The van der Waals surface area contributed by atoms with Gasteiger partial charge in [-0.1, -0.05) is 0 Å². The van der Waals surface area contributed by atoms with Gasteiger partial charge in [-0.15, -0.1) is 0 Å². The predicted octanol–water partition coefficient (Wildman–Crippen LogP) is 2.92. The van der Waals surface area contributed by atoms with Gasteiger partial charge in [0, 0.05) is 24.8 Å². The lowest BCUT2D eigenvalue weighted by Crippen LogP contribution is -2.24. The number of hydrogen-bond donors (Lipinski definition) is 2. The number of nitrogens with zero attached hydrogens (tertiary/aromatic N) is 4. The summed E-state index contributed by atoms with van der Waals surface area (Å²) in [5.74, 6) is 0.515. The van der Waals surface area contributed by atoms with Gasteiger partial charge in [0.15, 0.2) is 0 Å². The lowest BCUT2D eigenvalue weighted by Gasteiger charge is -2.12. The van der Waals surface area contributed by atoms with E-state index in [1.54, 1.807) is 6.20 Å². The number of nitrogens with one attached hydrogen (secondary N) is 2. The molecule has 1 fully saturated rings. The molecule has 1 saturated heterocycles. The first kappa shape index (κ1) is 17.7. The van der Waals surface area contributed by atoms with Crippen molar-refractivity contribution in [1.82, 2.24) is 24.7 Å². The number of rotatable bonds is 4. The van der Waals surface area contributed by atoms with E-state index in [2.05, 4.69) is 25.6 Å². The first-order chi connectivity index (χ1) is 12.9. The van der Waals surface area contributed by atoms with Crippen LogP contribution in [0.15, 0.2) is 36.9 Å². The van der Waals surface area contributed by atoms with Gasteiger partial charge in [-0.3, -0.25) is 9.38 Å². The van der Waals surface area contributed by atoms with Crippen molar-refractivity contribution in [1.29, 1.82) is 0 Å². The average Bonchev–Trinajstić information content (AvgIpc) is 3.27. The number of pyridine rings is 1. The number of aromatic nitrogens is 4. The van der Waals surface area contributed by atoms with Gasteiger partial charge in [0.2, 0.25) is 0 Å². The van der Waals surface area contributed by atoms with E-state index in [4.69, 9.17) is 0 Å². The van der Waals surface area contributed by atoms with Crippen molar-refractivity contribution in [2.75, 3.05) is 18.5 Å². The Morgan fingerprint density at radius 2 is 2.11 bits per heavy atom. The second kappa shape index (κ2) is 6.76. The Morgan fingerprint density at radius 3 is 2.85 bits per heavy atom. The van der Waals surface area contributed by atoms with E-state index >= 15 is 0 Å². The standard InChI is InChI=1S/C17H16F4N6/c18-5-11-4-12(6-23-11)25-15-9-22-7-13(26-15)14-8-24-16-3-10(17(19,20)21)1-2-27(14)16/h1-3,7-9,11-12,23H,4-6H2,(H,25,26)/t11-,12+/m0/s1. The van der Waals surface area contributed by atoms with Crippen molar-refractivity contribution in [2.45, 2.75) is 24.7 Å². The summed E-state index contributed by atoms with van der Waals surface area (Å²) in [7, 11) is 0. The Balaban J connectivity index is 1.60. The van der Waals surface area contributed by atoms with Gasteiger partial charge >= 0.3 is 6.18 Å². The Kier molecular flexibility index (Phi) is 4.42. The fraction of sp³-hybridized carbons (Fsp3) is 0.353. The van der Waals surface area contributed by atoms with Crippen LogP contribution in [0.5, 0.6) is 0 Å². The minimum Gasteiger partial charge on any atom is -0.365 e. The van der Waals surface area contributed by atoms with E-state index < -0.39 is 18.4 Å². The molecule has 0 unspecified atom stereocenters. The Bertz CT molecular complexity index is 954. The zero-order chi connectivity index (χ0) is 19.0. The van der Waals surface area contributed by atoms with Crippen molar-refractivity contribution in [2.24, 2.45) is 0 Å². The van der Waals surface area contributed by atoms with Crippen LogP contribution in [0.3, 0.4) is 0 Å². The first-order valence-electron chi connectivity index (χ1n) is 8.36. The molecule has 2 atom stereocenters. The molecule has 3 aromatic rings. The average molecular weight is 380 g/mol. The molecule has 6 nitrogen and oxygen atoms in total. The van der Waals surface area contributed by atoms with Crippen LogP contribution in [0.4, 0.5) is 23.4 Å². The summed E-state index contributed by atoms with van der Waals surface area (Å²) in [6, 6.07) is 1.85. The fourth-order valence-corrected chi connectivity index (χ4v) is 3.16. The zero-order valence-corrected chi connectivity index (χ0v) is 14.0. The monoisotopic (exact) mass is 380 g/mol. The molecule has 4 heterocycles. The molecule has 1 aliphatic rings. The Morgan fingerprint density at radius 1 is 1.26 bits per heavy atom. The summed E-state index contributed by atoms with van der Waals surface area (Å²) in [5, 5.41) is 6.27. The smallest absolute Gasteiger partial charge is 0.365 e. The molecule has 4 rings (SSSR count). The highest BCUT2D eigenvalue weighted by Crippen LogP contribution is 2.30. The first-order valence-corrected chi connectivity index (χ1v) is 8.36. The third-order valence-electron chi connectivity index (χ3n) is 4.50. The molecule has 27 heavy (non-hydrogen) atoms. The molecule has 0 spiro atoms. The number of halogens is 4. The highest BCUT2D eigenvalue weighted by atomic mass is 19.4. The largest absolute Gasteiger partial charge is 0.416 e. The number of hydrogen-bond acceptors (Lipinski definition) is 5. The van der Waals surface area contributed by atoms with E-state index in [0.29, 0.717) is 30.2 Å². The van der Waals surface area contributed by atoms with Crippen LogP contribution in [-0.4, -0.2) is 44.7 Å². The molecule has 1 aliphatic heterocycles. The summed E-state index contributed by atoms with van der Waals surface area (Å²) in [5.41, 5.74) is 0.414. The molecule has 10 heteroatoms. The van der Waals surface area contributed by atoms with E-state index in [9.17, 15) is 17.6 Å². The highest BCUT2D eigenvalue weighted by Gasteiger charge is 2.31. The lowest BCUT2D eigenvalue weighted by atomic mass is 10.2. The molecule has 3 aromatic heterocycles. The number of fused-ring (bicyclic) bond motifs is 1. The van der Waals surface area contributed by atoms with Crippen LogP contribution >= 0.6 is 0 Å². The van der Waals surface area contributed by atoms with Gasteiger partial charge in [0.05, 0.1) is 29.8 Å². The van der Waals surface area contributed by atoms with E-state index in [-0.39, 0.29) is 17.7 Å². The topological polar surface area (TPSA) is 67.1 Å². The summed E-state index contributed by atoms with van der Waals surface area (Å²) in [6.45, 7) is 0.196. The molecule has 0 bridgehead atoms.